The van der Waals surface area contributed by atoms with E-state index in [0.29, 0.717) is 42.9 Å². The van der Waals surface area contributed by atoms with Crippen molar-refractivity contribution in [1.82, 2.24) is 10.9 Å². The van der Waals surface area contributed by atoms with Crippen LogP contribution in [0.3, 0.4) is 0 Å². The fourth-order valence-corrected chi connectivity index (χ4v) is 6.80. The maximum atomic E-state index is 14.3. The number of hydrogen-bond acceptors (Lipinski definition) is 8. The number of sulfone groups is 1. The Morgan fingerprint density at radius 3 is 2.36 bits per heavy atom. The van der Waals surface area contributed by atoms with E-state index in [1.54, 1.807) is 66.7 Å². The fourth-order valence-electron chi connectivity index (χ4n) is 5.15. The number of nitrogens with zero attached hydrogens (tertiary/aromatic N) is 1. The molecule has 246 valence electrons. The van der Waals surface area contributed by atoms with Crippen LogP contribution in [-0.2, 0) is 25.8 Å². The Hall–Kier alpha value is -4.10. The van der Waals surface area contributed by atoms with E-state index in [0.717, 1.165) is 10.0 Å². The second kappa shape index (κ2) is 15.7. The zero-order valence-electron chi connectivity index (χ0n) is 25.4. The van der Waals surface area contributed by atoms with Crippen molar-refractivity contribution in [1.29, 1.82) is 0 Å². The first kappa shape index (κ1) is 34.2. The van der Waals surface area contributed by atoms with Crippen molar-refractivity contribution in [2.75, 3.05) is 25.5 Å². The lowest BCUT2D eigenvalue weighted by Gasteiger charge is -2.30. The molecule has 1 heterocycles. The maximum Gasteiger partial charge on any atom is 0.266 e. The third-order valence-electron chi connectivity index (χ3n) is 7.71. The van der Waals surface area contributed by atoms with Gasteiger partial charge in [-0.1, -0.05) is 58.4 Å². The third kappa shape index (κ3) is 8.63. The molecule has 5 rings (SSSR count). The summed E-state index contributed by atoms with van der Waals surface area (Å²) in [5.41, 5.74) is 6.09. The zero-order valence-corrected chi connectivity index (χ0v) is 27.8. The minimum atomic E-state index is -3.79. The first-order valence-electron chi connectivity index (χ1n) is 15.1. The highest BCUT2D eigenvalue weighted by atomic mass is 79.9. The second-order valence-corrected chi connectivity index (χ2v) is 14.0. The van der Waals surface area contributed by atoms with Crippen LogP contribution in [0, 0.1) is 5.82 Å². The highest BCUT2D eigenvalue weighted by Gasteiger charge is 2.53. The molecule has 9 nitrogen and oxygen atoms in total. The van der Waals surface area contributed by atoms with Gasteiger partial charge in [-0.15, -0.1) is 0 Å². The van der Waals surface area contributed by atoms with Gasteiger partial charge >= 0.3 is 0 Å². The molecule has 0 saturated carbocycles. The van der Waals surface area contributed by atoms with E-state index in [1.807, 2.05) is 12.1 Å². The van der Waals surface area contributed by atoms with Crippen LogP contribution in [0.2, 0.25) is 0 Å². The Morgan fingerprint density at radius 2 is 1.68 bits per heavy atom. The van der Waals surface area contributed by atoms with Gasteiger partial charge in [0.2, 0.25) is 5.90 Å². The summed E-state index contributed by atoms with van der Waals surface area (Å²) in [4.78, 5) is 19.3. The van der Waals surface area contributed by atoms with Gasteiger partial charge in [0.25, 0.3) is 5.91 Å². The molecule has 0 unspecified atom stereocenters. The monoisotopic (exact) mass is 723 g/mol. The molecule has 47 heavy (non-hydrogen) atoms. The number of ether oxygens (including phenoxy) is 2. The van der Waals surface area contributed by atoms with Crippen molar-refractivity contribution in [3.05, 3.63) is 130 Å². The first-order chi connectivity index (χ1) is 22.7. The van der Waals surface area contributed by atoms with Crippen LogP contribution < -0.4 is 15.6 Å². The van der Waals surface area contributed by atoms with Gasteiger partial charge in [-0.3, -0.25) is 10.2 Å². The van der Waals surface area contributed by atoms with E-state index in [1.165, 1.54) is 24.3 Å². The number of benzene rings is 4. The lowest BCUT2D eigenvalue weighted by molar-refractivity contribution is -0.130. The quantitative estimate of drug-likeness (QED) is 0.112. The van der Waals surface area contributed by atoms with Gasteiger partial charge in [0.15, 0.2) is 21.5 Å². The summed E-state index contributed by atoms with van der Waals surface area (Å²) in [5, 5.41) is 9.05. The third-order valence-corrected chi connectivity index (χ3v) is 9.97. The van der Waals surface area contributed by atoms with Crippen LogP contribution in [-0.4, -0.2) is 56.4 Å². The van der Waals surface area contributed by atoms with Crippen molar-refractivity contribution >= 4 is 37.6 Å². The Balaban J connectivity index is 1.47. The van der Waals surface area contributed by atoms with Crippen LogP contribution in [0.5, 0.6) is 5.75 Å². The Morgan fingerprint density at radius 1 is 0.979 bits per heavy atom. The largest absolute Gasteiger partial charge is 0.494 e. The Labute approximate surface area is 281 Å². The van der Waals surface area contributed by atoms with Gasteiger partial charge in [-0.25, -0.2) is 23.2 Å². The Bertz CT molecular complexity index is 1770. The van der Waals surface area contributed by atoms with Crippen molar-refractivity contribution < 1.29 is 32.2 Å². The van der Waals surface area contributed by atoms with Crippen molar-refractivity contribution in [3.63, 3.8) is 0 Å². The molecule has 1 aliphatic rings. The molecule has 12 heteroatoms. The molecule has 2 atom stereocenters. The van der Waals surface area contributed by atoms with Gasteiger partial charge in [0.05, 0.1) is 17.3 Å². The molecule has 0 radical (unpaired) electrons. The predicted molar refractivity (Wildman–Crippen MR) is 180 cm³/mol. The summed E-state index contributed by atoms with van der Waals surface area (Å²) in [6.45, 7) is 0.700. The fraction of sp³-hybridized carbons (Fsp3) is 0.257. The second-order valence-electron chi connectivity index (χ2n) is 11.0. The van der Waals surface area contributed by atoms with Gasteiger partial charge in [0, 0.05) is 36.0 Å². The number of rotatable bonds is 15. The number of carbonyl (C=O) groups excluding carboxylic acids is 1. The molecular weight excluding hydrogens is 689 g/mol. The normalized spacial score (nSPS) is 17.5. The van der Waals surface area contributed by atoms with E-state index in [9.17, 15) is 17.6 Å². The molecule has 0 spiro atoms. The van der Waals surface area contributed by atoms with Crippen LogP contribution in [0.25, 0.3) is 0 Å². The van der Waals surface area contributed by atoms with Crippen LogP contribution in [0.1, 0.15) is 35.6 Å². The highest BCUT2D eigenvalue weighted by Crippen LogP contribution is 2.43. The summed E-state index contributed by atoms with van der Waals surface area (Å²) in [6, 6.07) is 28.4. The number of aliphatic imine (C=N–C) groups is 1. The molecule has 1 aliphatic heterocycles. The number of nitrogens with one attached hydrogen (secondary N) is 2. The van der Waals surface area contributed by atoms with Crippen LogP contribution in [0.15, 0.2) is 117 Å². The summed E-state index contributed by atoms with van der Waals surface area (Å²) < 4.78 is 53.2. The molecule has 0 bridgehead atoms. The minimum Gasteiger partial charge on any atom is -0.494 e. The summed E-state index contributed by atoms with van der Waals surface area (Å²) >= 11 is 3.45. The first-order valence-corrected chi connectivity index (χ1v) is 17.6. The van der Waals surface area contributed by atoms with E-state index < -0.39 is 27.4 Å². The smallest absolute Gasteiger partial charge is 0.266 e. The molecule has 0 aliphatic carbocycles. The van der Waals surface area contributed by atoms with E-state index in [2.05, 4.69) is 26.8 Å². The van der Waals surface area contributed by atoms with Gasteiger partial charge in [-0.2, -0.15) is 0 Å². The molecule has 4 aromatic rings. The lowest BCUT2D eigenvalue weighted by Crippen LogP contribution is -2.53. The van der Waals surface area contributed by atoms with E-state index in [-0.39, 0.29) is 35.4 Å². The number of halogens is 2. The topological polar surface area (TPSA) is 126 Å². The maximum absolute atomic E-state index is 14.3. The van der Waals surface area contributed by atoms with Crippen molar-refractivity contribution in [3.8, 4) is 5.75 Å². The molecule has 1 amide bonds. The number of hydrazine groups is 1. The van der Waals surface area contributed by atoms with Gasteiger partial charge in [-0.05, 0) is 78.2 Å². The SMILES string of the molecule is O=C(NNCCc1ccc(F)cc1)[C@@]1(CCS(=O)(=O)c2ccccc2)N=C(c2ccc(OCCCO)cc2)O[C@H]1c1ccc(Br)cc1. The number of hydrogen-bond donors (Lipinski definition) is 3. The van der Waals surface area contributed by atoms with E-state index >= 15 is 0 Å². The number of aliphatic hydroxyl groups excluding tert-OH is 1. The molecule has 0 saturated heterocycles. The number of amides is 1. The highest BCUT2D eigenvalue weighted by molar-refractivity contribution is 9.10. The molecule has 0 fully saturated rings. The minimum absolute atomic E-state index is 0.0193. The standard InChI is InChI=1S/C35H35BrFN3O6S/c36-28-13-9-26(10-14-28)32-35(20-24-47(43,44)31-5-2-1-3-6-31,34(42)40-38-21-19-25-7-15-29(37)16-8-25)39-33(46-32)27-11-17-30(18-12-27)45-23-4-22-41/h1-3,5-18,32,38,41H,4,19-24H2,(H,40,42)/t32-,35-/m0/s1. The molecular formula is C35H35BrFN3O6S. The number of carbonyl (C=O) groups is 1. The summed E-state index contributed by atoms with van der Waals surface area (Å²) in [6.07, 6.45) is -0.143. The predicted octanol–water partition coefficient (Wildman–Crippen LogP) is 5.33. The Kier molecular flexibility index (Phi) is 11.4. The molecule has 0 aromatic heterocycles. The zero-order chi connectivity index (χ0) is 33.3. The van der Waals surface area contributed by atoms with Gasteiger partial charge in [0.1, 0.15) is 11.6 Å². The van der Waals surface area contributed by atoms with Crippen LogP contribution >= 0.6 is 15.9 Å². The van der Waals surface area contributed by atoms with Crippen molar-refractivity contribution in [2.24, 2.45) is 4.99 Å². The summed E-state index contributed by atoms with van der Waals surface area (Å²) in [7, 11) is -3.79. The van der Waals surface area contributed by atoms with E-state index in [4.69, 9.17) is 19.6 Å². The lowest BCUT2D eigenvalue weighted by atomic mass is 9.85. The van der Waals surface area contributed by atoms with Crippen LogP contribution in [0.4, 0.5) is 4.39 Å². The van der Waals surface area contributed by atoms with Gasteiger partial charge < -0.3 is 14.6 Å². The molecule has 4 aromatic carbocycles. The average Bonchev–Trinajstić information content (AvgIpc) is 3.49. The number of aliphatic hydroxyl groups is 1. The molecule has 3 N–H and O–H groups in total. The summed E-state index contributed by atoms with van der Waals surface area (Å²) in [5.74, 6) is -0.496. The van der Waals surface area contributed by atoms with Crippen molar-refractivity contribution in [2.45, 2.75) is 35.8 Å². The average molecular weight is 725 g/mol.